The Morgan fingerprint density at radius 2 is 1.96 bits per heavy atom. The van der Waals surface area contributed by atoms with Gasteiger partial charge in [0.1, 0.15) is 0 Å². The number of rotatable bonds is 5. The predicted octanol–water partition coefficient (Wildman–Crippen LogP) is 1.12. The third kappa shape index (κ3) is 3.47. The Hall–Kier alpha value is -3.03. The van der Waals surface area contributed by atoms with Crippen LogP contribution < -0.4 is 14.8 Å². The number of carbonyl (C=O) groups excluding carboxylic acids is 2. The predicted molar refractivity (Wildman–Crippen MR) is 96.7 cm³/mol. The van der Waals surface area contributed by atoms with Crippen LogP contribution in [0, 0.1) is 19.8 Å². The molecule has 8 nitrogen and oxygen atoms in total. The molecule has 1 N–H and O–H groups in total. The lowest BCUT2D eigenvalue weighted by Gasteiger charge is -2.38. The highest BCUT2D eigenvalue weighted by Gasteiger charge is 2.36. The van der Waals surface area contributed by atoms with Crippen molar-refractivity contribution >= 4 is 11.8 Å². The summed E-state index contributed by atoms with van der Waals surface area (Å²) in [6, 6.07) is 7.15. The highest BCUT2D eigenvalue weighted by atomic mass is 16.7. The first kappa shape index (κ1) is 17.4. The van der Waals surface area contributed by atoms with Crippen LogP contribution in [0.1, 0.15) is 21.7 Å². The minimum atomic E-state index is -0.164. The summed E-state index contributed by atoms with van der Waals surface area (Å²) in [7, 11) is 0. The van der Waals surface area contributed by atoms with Crippen LogP contribution in [-0.2, 0) is 11.3 Å². The number of aryl methyl sites for hydroxylation is 2. The summed E-state index contributed by atoms with van der Waals surface area (Å²) in [4.78, 5) is 26.4. The fourth-order valence-corrected chi connectivity index (χ4v) is 3.35. The molecule has 0 aliphatic carbocycles. The van der Waals surface area contributed by atoms with Gasteiger partial charge in [0.25, 0.3) is 5.91 Å². The lowest BCUT2D eigenvalue weighted by atomic mass is 9.97. The number of hydrogen-bond acceptors (Lipinski definition) is 5. The molecule has 1 saturated heterocycles. The number of nitrogens with zero attached hydrogens (tertiary/aromatic N) is 3. The zero-order chi connectivity index (χ0) is 19.0. The van der Waals surface area contributed by atoms with Crippen molar-refractivity contribution in [1.29, 1.82) is 0 Å². The molecule has 1 aromatic carbocycles. The van der Waals surface area contributed by atoms with Crippen molar-refractivity contribution in [3.8, 4) is 11.5 Å². The molecule has 2 aliphatic rings. The van der Waals surface area contributed by atoms with E-state index in [9.17, 15) is 9.59 Å². The van der Waals surface area contributed by atoms with Gasteiger partial charge in [0.2, 0.25) is 12.7 Å². The van der Waals surface area contributed by atoms with Crippen molar-refractivity contribution in [2.24, 2.45) is 5.92 Å². The second-order valence-electron chi connectivity index (χ2n) is 6.92. The van der Waals surface area contributed by atoms with Gasteiger partial charge in [-0.05, 0) is 38.1 Å². The Bertz CT molecular complexity index is 886. The molecule has 0 saturated carbocycles. The Balaban J connectivity index is 1.24. The van der Waals surface area contributed by atoms with Crippen molar-refractivity contribution in [1.82, 2.24) is 20.0 Å². The Morgan fingerprint density at radius 1 is 1.19 bits per heavy atom. The van der Waals surface area contributed by atoms with E-state index in [1.165, 1.54) is 0 Å². The molecular formula is C19H22N4O4. The highest BCUT2D eigenvalue weighted by molar-refractivity contribution is 5.96. The second-order valence-corrected chi connectivity index (χ2v) is 6.92. The minimum absolute atomic E-state index is 0.0220. The maximum absolute atomic E-state index is 12.5. The van der Waals surface area contributed by atoms with E-state index in [-0.39, 0.29) is 24.5 Å². The first-order chi connectivity index (χ1) is 13.0. The average molecular weight is 370 g/mol. The smallest absolute Gasteiger partial charge is 0.254 e. The number of nitrogens with one attached hydrogen (secondary N) is 1. The quantitative estimate of drug-likeness (QED) is 0.852. The first-order valence-corrected chi connectivity index (χ1v) is 8.99. The molecule has 2 aliphatic heterocycles. The summed E-state index contributed by atoms with van der Waals surface area (Å²) in [5, 5.41) is 7.30. The number of carbonyl (C=O) groups is 2. The molecule has 27 heavy (non-hydrogen) atoms. The molecule has 3 heterocycles. The van der Waals surface area contributed by atoms with E-state index in [4.69, 9.17) is 9.47 Å². The molecule has 0 radical (unpaired) electrons. The van der Waals surface area contributed by atoms with Gasteiger partial charge in [-0.1, -0.05) is 0 Å². The molecule has 0 spiro atoms. The van der Waals surface area contributed by atoms with Gasteiger partial charge < -0.3 is 19.7 Å². The Kier molecular flexibility index (Phi) is 4.47. The number of ether oxygens (including phenoxy) is 2. The van der Waals surface area contributed by atoms with Crippen molar-refractivity contribution in [3.05, 3.63) is 41.2 Å². The van der Waals surface area contributed by atoms with E-state index in [0.717, 1.165) is 11.4 Å². The van der Waals surface area contributed by atoms with E-state index < -0.39 is 0 Å². The lowest BCUT2D eigenvalue weighted by molar-refractivity contribution is -0.129. The summed E-state index contributed by atoms with van der Waals surface area (Å²) in [6.07, 6.45) is 0. The maximum atomic E-state index is 12.5. The Labute approximate surface area is 157 Å². The van der Waals surface area contributed by atoms with Gasteiger partial charge in [-0.25, -0.2) is 0 Å². The number of likely N-dealkylation sites (tertiary alicyclic amines) is 1. The van der Waals surface area contributed by atoms with Crippen molar-refractivity contribution < 1.29 is 19.1 Å². The molecule has 4 rings (SSSR count). The molecule has 0 bridgehead atoms. The minimum Gasteiger partial charge on any atom is -0.454 e. The molecule has 0 atom stereocenters. The van der Waals surface area contributed by atoms with E-state index in [1.807, 2.05) is 24.6 Å². The van der Waals surface area contributed by atoms with Gasteiger partial charge in [0.05, 0.1) is 18.2 Å². The second kappa shape index (κ2) is 6.94. The summed E-state index contributed by atoms with van der Waals surface area (Å²) >= 11 is 0. The summed E-state index contributed by atoms with van der Waals surface area (Å²) in [6.45, 7) is 6.13. The van der Waals surface area contributed by atoms with Crippen LogP contribution >= 0.6 is 0 Å². The third-order valence-corrected chi connectivity index (χ3v) is 4.89. The van der Waals surface area contributed by atoms with Crippen LogP contribution in [0.15, 0.2) is 24.3 Å². The van der Waals surface area contributed by atoms with Crippen LogP contribution in [0.3, 0.4) is 0 Å². The molecule has 0 unspecified atom stereocenters. The van der Waals surface area contributed by atoms with Gasteiger partial charge in [-0.15, -0.1) is 0 Å². The normalized spacial score (nSPS) is 15.6. The van der Waals surface area contributed by atoms with Crippen LogP contribution in [0.4, 0.5) is 0 Å². The van der Waals surface area contributed by atoms with Crippen molar-refractivity contribution in [3.63, 3.8) is 0 Å². The van der Waals surface area contributed by atoms with Crippen LogP contribution in [0.2, 0.25) is 0 Å². The fourth-order valence-electron chi connectivity index (χ4n) is 3.35. The van der Waals surface area contributed by atoms with Gasteiger partial charge >= 0.3 is 0 Å². The van der Waals surface area contributed by atoms with E-state index in [2.05, 4.69) is 10.4 Å². The molecule has 2 amide bonds. The number of hydrogen-bond donors (Lipinski definition) is 1. The number of amides is 2. The SMILES string of the molecule is Cc1cc(C)n(CCNC(=O)C2CN(C(=O)c3ccc4c(c3)OCO4)C2)n1. The number of aromatic nitrogens is 2. The van der Waals surface area contributed by atoms with Crippen molar-refractivity contribution in [2.45, 2.75) is 20.4 Å². The average Bonchev–Trinajstić information content (AvgIpc) is 3.18. The first-order valence-electron chi connectivity index (χ1n) is 8.99. The summed E-state index contributed by atoms with van der Waals surface area (Å²) < 4.78 is 12.4. The molecule has 1 fully saturated rings. The van der Waals surface area contributed by atoms with Gasteiger partial charge in [-0.3, -0.25) is 14.3 Å². The number of fused-ring (bicyclic) bond motifs is 1. The molecule has 142 valence electrons. The van der Waals surface area contributed by atoms with Gasteiger partial charge in [-0.2, -0.15) is 5.10 Å². The summed E-state index contributed by atoms with van der Waals surface area (Å²) in [5.41, 5.74) is 2.59. The standard InChI is InChI=1S/C19H22N4O4/c1-12-7-13(2)23(21-12)6-5-20-18(24)15-9-22(10-15)19(25)14-3-4-16-17(8-14)27-11-26-16/h3-4,7-8,15H,5-6,9-11H2,1-2H3,(H,20,24). The van der Waals surface area contributed by atoms with Gasteiger partial charge in [0.15, 0.2) is 11.5 Å². The van der Waals surface area contributed by atoms with E-state index in [1.54, 1.807) is 23.1 Å². The largest absolute Gasteiger partial charge is 0.454 e. The van der Waals surface area contributed by atoms with E-state index in [0.29, 0.717) is 43.2 Å². The number of benzene rings is 1. The topological polar surface area (TPSA) is 85.7 Å². The van der Waals surface area contributed by atoms with Crippen LogP contribution in [-0.4, -0.2) is 52.9 Å². The molecule has 1 aromatic heterocycles. The zero-order valence-electron chi connectivity index (χ0n) is 15.4. The Morgan fingerprint density at radius 3 is 2.70 bits per heavy atom. The fraction of sp³-hybridized carbons (Fsp3) is 0.421. The highest BCUT2D eigenvalue weighted by Crippen LogP contribution is 2.33. The van der Waals surface area contributed by atoms with E-state index >= 15 is 0 Å². The maximum Gasteiger partial charge on any atom is 0.254 e. The zero-order valence-corrected chi connectivity index (χ0v) is 15.4. The monoisotopic (exact) mass is 370 g/mol. The lowest BCUT2D eigenvalue weighted by Crippen LogP contribution is -2.55. The third-order valence-electron chi connectivity index (χ3n) is 4.89. The van der Waals surface area contributed by atoms with Crippen molar-refractivity contribution in [2.75, 3.05) is 26.4 Å². The molecule has 2 aromatic rings. The molecule has 8 heteroatoms. The van der Waals surface area contributed by atoms with Crippen LogP contribution in [0.25, 0.3) is 0 Å². The molecular weight excluding hydrogens is 348 g/mol. The van der Waals surface area contributed by atoms with Gasteiger partial charge in [0, 0.05) is 30.9 Å². The summed E-state index contributed by atoms with van der Waals surface area (Å²) in [5.74, 6) is 0.949. The van der Waals surface area contributed by atoms with Crippen LogP contribution in [0.5, 0.6) is 11.5 Å².